The molecule has 0 bridgehead atoms. The molecule has 0 saturated heterocycles. The molecule has 12 heteroatoms. The maximum atomic E-state index is 13.8. The van der Waals surface area contributed by atoms with E-state index in [0.29, 0.717) is 22.8 Å². The predicted octanol–water partition coefficient (Wildman–Crippen LogP) is 5.28. The van der Waals surface area contributed by atoms with Gasteiger partial charge in [-0.2, -0.15) is 18.3 Å². The highest BCUT2D eigenvalue weighted by molar-refractivity contribution is 5.81. The highest BCUT2D eigenvalue weighted by Crippen LogP contribution is 2.44. The van der Waals surface area contributed by atoms with Crippen LogP contribution in [0.4, 0.5) is 22.0 Å². The first-order valence-electron chi connectivity index (χ1n) is 13.3. The predicted molar refractivity (Wildman–Crippen MR) is 127 cm³/mol. The maximum absolute atomic E-state index is 13.8. The number of imidazole rings is 1. The molecule has 3 saturated carbocycles. The SMILES string of the molecule is C[C@@H]1C[C@H]1C(=O)N[C@H](c1cn2ncc(C(NC(=O)CCC(F)(F)F)C3CC3)cc2n1)C1CCC(F)(F)CC1. The zero-order valence-corrected chi connectivity index (χ0v) is 21.1. The van der Waals surface area contributed by atoms with Crippen molar-refractivity contribution in [3.05, 3.63) is 29.7 Å². The Labute approximate surface area is 216 Å². The third kappa shape index (κ3) is 6.43. The van der Waals surface area contributed by atoms with Gasteiger partial charge in [0, 0.05) is 25.2 Å². The lowest BCUT2D eigenvalue weighted by Crippen LogP contribution is -2.38. The fraction of sp³-hybridized carbons (Fsp3) is 0.692. The van der Waals surface area contributed by atoms with E-state index in [9.17, 15) is 31.5 Å². The monoisotopic (exact) mass is 541 g/mol. The Kier molecular flexibility index (Phi) is 7.10. The van der Waals surface area contributed by atoms with Crippen LogP contribution in [0.5, 0.6) is 0 Å². The van der Waals surface area contributed by atoms with Crippen LogP contribution in [0.1, 0.15) is 88.1 Å². The Morgan fingerprint density at radius 2 is 1.76 bits per heavy atom. The molecule has 38 heavy (non-hydrogen) atoms. The Hall–Kier alpha value is -2.79. The van der Waals surface area contributed by atoms with Gasteiger partial charge >= 0.3 is 6.18 Å². The van der Waals surface area contributed by atoms with Crippen LogP contribution in [-0.2, 0) is 9.59 Å². The smallest absolute Gasteiger partial charge is 0.349 e. The number of alkyl halides is 5. The standard InChI is InChI=1S/C26H32F5N5O2/c1-14-10-18(14)24(38)35-23(16-4-7-25(27,28)8-5-16)19-13-36-20(33-19)11-17(12-32-36)22(15-2-3-15)34-21(37)6-9-26(29,30)31/h11-16,18,22-23H,2-10H2,1H3,(H,34,37)(H,35,38)/t14-,18-,22?,23+/m1/s1. The minimum absolute atomic E-state index is 0.0791. The van der Waals surface area contributed by atoms with Gasteiger partial charge in [-0.3, -0.25) is 9.59 Å². The highest BCUT2D eigenvalue weighted by atomic mass is 19.4. The van der Waals surface area contributed by atoms with Crippen molar-refractivity contribution >= 4 is 17.5 Å². The number of rotatable bonds is 9. The molecule has 4 atom stereocenters. The number of carbonyl (C=O) groups excluding carboxylic acids is 2. The van der Waals surface area contributed by atoms with Crippen LogP contribution >= 0.6 is 0 Å². The molecule has 0 radical (unpaired) electrons. The summed E-state index contributed by atoms with van der Waals surface area (Å²) in [5.74, 6) is -3.33. The second kappa shape index (κ2) is 10.1. The molecule has 5 rings (SSSR count). The second-order valence-corrected chi connectivity index (χ2v) is 11.3. The van der Waals surface area contributed by atoms with Gasteiger partial charge in [-0.1, -0.05) is 6.92 Å². The van der Waals surface area contributed by atoms with E-state index < -0.39 is 42.9 Å². The van der Waals surface area contributed by atoms with Crippen molar-refractivity contribution in [2.45, 2.75) is 88.9 Å². The number of aromatic nitrogens is 3. The number of nitrogens with one attached hydrogen (secondary N) is 2. The third-order valence-electron chi connectivity index (χ3n) is 8.06. The molecule has 0 aliphatic heterocycles. The molecule has 0 spiro atoms. The van der Waals surface area contributed by atoms with Gasteiger partial charge in [0.25, 0.3) is 0 Å². The van der Waals surface area contributed by atoms with E-state index in [1.165, 1.54) is 4.52 Å². The van der Waals surface area contributed by atoms with E-state index in [0.717, 1.165) is 19.3 Å². The van der Waals surface area contributed by atoms with Gasteiger partial charge in [-0.15, -0.1) is 0 Å². The summed E-state index contributed by atoms with van der Waals surface area (Å²) in [7, 11) is 0. The Bertz CT molecular complexity index is 1180. The van der Waals surface area contributed by atoms with Crippen molar-refractivity contribution in [3.8, 4) is 0 Å². The summed E-state index contributed by atoms with van der Waals surface area (Å²) < 4.78 is 66.9. The van der Waals surface area contributed by atoms with E-state index in [4.69, 9.17) is 0 Å². The molecule has 2 amide bonds. The Morgan fingerprint density at radius 3 is 2.37 bits per heavy atom. The minimum Gasteiger partial charge on any atom is -0.349 e. The molecule has 3 aliphatic carbocycles. The first kappa shape index (κ1) is 26.8. The molecule has 2 N–H and O–H groups in total. The van der Waals surface area contributed by atoms with Crippen molar-refractivity contribution in [2.24, 2.45) is 23.7 Å². The average Bonchev–Trinajstić information content (AvgIpc) is 3.77. The van der Waals surface area contributed by atoms with Crippen LogP contribution in [0, 0.1) is 23.7 Å². The molecular formula is C26H32F5N5O2. The van der Waals surface area contributed by atoms with E-state index in [-0.39, 0.29) is 49.3 Å². The summed E-state index contributed by atoms with van der Waals surface area (Å²) in [4.78, 5) is 29.7. The lowest BCUT2D eigenvalue weighted by Gasteiger charge is -2.33. The molecule has 208 valence electrons. The van der Waals surface area contributed by atoms with E-state index in [1.54, 1.807) is 18.5 Å². The van der Waals surface area contributed by atoms with Crippen molar-refractivity contribution in [1.29, 1.82) is 0 Å². The van der Waals surface area contributed by atoms with Gasteiger partial charge in [-0.25, -0.2) is 18.3 Å². The molecule has 1 unspecified atom stereocenters. The Morgan fingerprint density at radius 1 is 1.11 bits per heavy atom. The molecule has 3 aliphatic rings. The van der Waals surface area contributed by atoms with Gasteiger partial charge in [0.1, 0.15) is 0 Å². The number of halogens is 5. The molecule has 2 heterocycles. The number of amides is 2. The number of nitrogens with zero attached hydrogens (tertiary/aromatic N) is 3. The van der Waals surface area contributed by atoms with Gasteiger partial charge < -0.3 is 10.6 Å². The first-order valence-corrected chi connectivity index (χ1v) is 13.3. The maximum Gasteiger partial charge on any atom is 0.389 e. The zero-order chi connectivity index (χ0) is 27.2. The van der Waals surface area contributed by atoms with E-state index in [2.05, 4.69) is 20.7 Å². The third-order valence-corrected chi connectivity index (χ3v) is 8.06. The van der Waals surface area contributed by atoms with Gasteiger partial charge in [0.05, 0.1) is 36.6 Å². The van der Waals surface area contributed by atoms with Crippen LogP contribution in [0.2, 0.25) is 0 Å². The second-order valence-electron chi connectivity index (χ2n) is 11.3. The fourth-order valence-corrected chi connectivity index (χ4v) is 5.41. The Balaban J connectivity index is 1.36. The fourth-order valence-electron chi connectivity index (χ4n) is 5.41. The summed E-state index contributed by atoms with van der Waals surface area (Å²) in [6, 6.07) is 0.735. The van der Waals surface area contributed by atoms with Crippen molar-refractivity contribution in [1.82, 2.24) is 25.2 Å². The average molecular weight is 542 g/mol. The summed E-state index contributed by atoms with van der Waals surface area (Å²) in [5.41, 5.74) is 1.62. The van der Waals surface area contributed by atoms with Crippen molar-refractivity contribution < 1.29 is 31.5 Å². The summed E-state index contributed by atoms with van der Waals surface area (Å²) in [5, 5.41) is 10.2. The van der Waals surface area contributed by atoms with Crippen LogP contribution in [0.15, 0.2) is 18.5 Å². The van der Waals surface area contributed by atoms with E-state index in [1.807, 2.05) is 6.92 Å². The van der Waals surface area contributed by atoms with Crippen LogP contribution in [0.25, 0.3) is 5.65 Å². The highest BCUT2D eigenvalue weighted by Gasteiger charge is 2.43. The number of hydrogen-bond acceptors (Lipinski definition) is 4. The molecule has 2 aromatic heterocycles. The van der Waals surface area contributed by atoms with Gasteiger partial charge in [0.2, 0.25) is 17.7 Å². The molecule has 3 fully saturated rings. The van der Waals surface area contributed by atoms with Crippen LogP contribution < -0.4 is 10.6 Å². The minimum atomic E-state index is -4.41. The van der Waals surface area contributed by atoms with E-state index >= 15 is 0 Å². The van der Waals surface area contributed by atoms with Crippen LogP contribution in [0.3, 0.4) is 0 Å². The van der Waals surface area contributed by atoms with Crippen LogP contribution in [-0.4, -0.2) is 38.5 Å². The summed E-state index contributed by atoms with van der Waals surface area (Å²) in [6.45, 7) is 2.00. The number of carbonyl (C=O) groups is 2. The quantitative estimate of drug-likeness (QED) is 0.423. The topological polar surface area (TPSA) is 88.4 Å². The lowest BCUT2D eigenvalue weighted by molar-refractivity contribution is -0.144. The normalized spacial score (nSPS) is 25.1. The largest absolute Gasteiger partial charge is 0.389 e. The summed E-state index contributed by atoms with van der Waals surface area (Å²) >= 11 is 0. The first-order chi connectivity index (χ1) is 17.9. The summed E-state index contributed by atoms with van der Waals surface area (Å²) in [6.07, 6.45) is -0.457. The van der Waals surface area contributed by atoms with Crippen molar-refractivity contribution in [2.75, 3.05) is 0 Å². The number of fused-ring (bicyclic) bond motifs is 1. The van der Waals surface area contributed by atoms with Gasteiger partial charge in [0.15, 0.2) is 5.65 Å². The number of hydrogen-bond donors (Lipinski definition) is 2. The molecular weight excluding hydrogens is 509 g/mol. The zero-order valence-electron chi connectivity index (χ0n) is 21.1. The van der Waals surface area contributed by atoms with Crippen molar-refractivity contribution in [3.63, 3.8) is 0 Å². The molecule has 0 aromatic carbocycles. The molecule has 7 nitrogen and oxygen atoms in total. The molecule has 2 aromatic rings. The van der Waals surface area contributed by atoms with Gasteiger partial charge in [-0.05, 0) is 61.5 Å². The lowest BCUT2D eigenvalue weighted by atomic mass is 9.81.